The number of halogens is 1. The summed E-state index contributed by atoms with van der Waals surface area (Å²) in [5, 5.41) is 7.39. The number of rotatable bonds is 6. The van der Waals surface area contributed by atoms with Crippen LogP contribution < -0.4 is 10.9 Å². The van der Waals surface area contributed by atoms with Gasteiger partial charge >= 0.3 is 0 Å². The van der Waals surface area contributed by atoms with Gasteiger partial charge in [0.15, 0.2) is 0 Å². The van der Waals surface area contributed by atoms with Crippen LogP contribution in [0, 0.1) is 0 Å². The van der Waals surface area contributed by atoms with Crippen LogP contribution in [0.3, 0.4) is 0 Å². The predicted molar refractivity (Wildman–Crippen MR) is 113 cm³/mol. The molecule has 7 nitrogen and oxygen atoms in total. The van der Waals surface area contributed by atoms with E-state index in [1.807, 2.05) is 30.3 Å². The van der Waals surface area contributed by atoms with Gasteiger partial charge in [0.2, 0.25) is 11.7 Å². The van der Waals surface area contributed by atoms with Crippen LogP contribution in [0.15, 0.2) is 82.2 Å². The maximum absolute atomic E-state index is 12.3. The molecular weight excluding hydrogens is 404 g/mol. The molecule has 0 aliphatic heterocycles. The fourth-order valence-electron chi connectivity index (χ4n) is 2.85. The normalized spacial score (nSPS) is 10.7. The molecule has 150 valence electrons. The molecule has 4 aromatic rings. The highest BCUT2D eigenvalue weighted by Crippen LogP contribution is 2.22. The Morgan fingerprint density at radius 1 is 1.00 bits per heavy atom. The molecule has 0 aliphatic rings. The van der Waals surface area contributed by atoms with Crippen molar-refractivity contribution in [2.45, 2.75) is 13.1 Å². The number of aromatic nitrogens is 3. The molecule has 0 aliphatic carbocycles. The van der Waals surface area contributed by atoms with Crippen LogP contribution in [0.5, 0.6) is 0 Å². The third-order valence-corrected chi connectivity index (χ3v) is 4.66. The Bertz CT molecular complexity index is 1220. The largest absolute Gasteiger partial charge is 0.350 e. The summed E-state index contributed by atoms with van der Waals surface area (Å²) in [4.78, 5) is 28.8. The van der Waals surface area contributed by atoms with Gasteiger partial charge < -0.3 is 14.4 Å². The number of nitrogens with one attached hydrogen (secondary N) is 1. The van der Waals surface area contributed by atoms with E-state index in [1.165, 1.54) is 16.8 Å². The van der Waals surface area contributed by atoms with Gasteiger partial charge in [0.25, 0.3) is 11.4 Å². The highest BCUT2D eigenvalue weighted by molar-refractivity contribution is 6.30. The van der Waals surface area contributed by atoms with Crippen molar-refractivity contribution in [2.24, 2.45) is 0 Å². The van der Waals surface area contributed by atoms with Crippen LogP contribution in [0.1, 0.15) is 5.56 Å². The van der Waals surface area contributed by atoms with Gasteiger partial charge in [0.1, 0.15) is 6.54 Å². The Hall–Kier alpha value is -3.71. The molecule has 2 aromatic carbocycles. The number of benzene rings is 2. The van der Waals surface area contributed by atoms with E-state index in [2.05, 4.69) is 15.5 Å². The zero-order valence-electron chi connectivity index (χ0n) is 15.8. The van der Waals surface area contributed by atoms with E-state index >= 15 is 0 Å². The lowest BCUT2D eigenvalue weighted by Crippen LogP contribution is -2.31. The SMILES string of the molecule is O=C(Cn1cc(-c2nc(-c3ccc(Cl)cc3)no2)ccc1=O)NCc1ccccc1. The van der Waals surface area contributed by atoms with Crippen LogP contribution in [-0.2, 0) is 17.9 Å². The molecule has 30 heavy (non-hydrogen) atoms. The summed E-state index contributed by atoms with van der Waals surface area (Å²) in [7, 11) is 0. The van der Waals surface area contributed by atoms with Gasteiger partial charge in [0, 0.05) is 29.4 Å². The second-order valence-corrected chi connectivity index (χ2v) is 7.01. The Kier molecular flexibility index (Phi) is 5.72. The molecule has 1 amide bonds. The fourth-order valence-corrected chi connectivity index (χ4v) is 2.97. The fraction of sp³-hybridized carbons (Fsp3) is 0.0909. The monoisotopic (exact) mass is 420 g/mol. The van der Waals surface area contributed by atoms with Crippen molar-refractivity contribution in [1.29, 1.82) is 0 Å². The molecular formula is C22H17ClN4O3. The topological polar surface area (TPSA) is 90.0 Å². The minimum absolute atomic E-state index is 0.113. The number of carbonyl (C=O) groups is 1. The summed E-state index contributed by atoms with van der Waals surface area (Å²) < 4.78 is 6.64. The van der Waals surface area contributed by atoms with Crippen LogP contribution in [0.4, 0.5) is 0 Å². The summed E-state index contributed by atoms with van der Waals surface area (Å²) in [5.74, 6) is 0.379. The van der Waals surface area contributed by atoms with E-state index in [1.54, 1.807) is 30.3 Å². The smallest absolute Gasteiger partial charge is 0.259 e. The molecule has 0 bridgehead atoms. The van der Waals surface area contributed by atoms with Crippen molar-refractivity contribution in [3.63, 3.8) is 0 Å². The van der Waals surface area contributed by atoms with E-state index in [-0.39, 0.29) is 23.9 Å². The highest BCUT2D eigenvalue weighted by Gasteiger charge is 2.13. The molecule has 1 N–H and O–H groups in total. The van der Waals surface area contributed by atoms with Crippen LogP contribution >= 0.6 is 11.6 Å². The number of pyridine rings is 1. The number of amides is 1. The van der Waals surface area contributed by atoms with E-state index in [9.17, 15) is 9.59 Å². The van der Waals surface area contributed by atoms with Crippen LogP contribution in [0.25, 0.3) is 22.8 Å². The van der Waals surface area contributed by atoms with E-state index in [0.29, 0.717) is 23.0 Å². The second kappa shape index (κ2) is 8.75. The van der Waals surface area contributed by atoms with Crippen molar-refractivity contribution in [3.8, 4) is 22.8 Å². The first kappa shape index (κ1) is 19.6. The van der Waals surface area contributed by atoms with Gasteiger partial charge in [-0.3, -0.25) is 9.59 Å². The lowest BCUT2D eigenvalue weighted by atomic mass is 10.2. The number of carbonyl (C=O) groups excluding carboxylic acids is 1. The average Bonchev–Trinajstić information content (AvgIpc) is 3.25. The molecule has 2 heterocycles. The maximum atomic E-state index is 12.3. The van der Waals surface area contributed by atoms with Gasteiger partial charge in [-0.1, -0.05) is 47.1 Å². The van der Waals surface area contributed by atoms with Crippen molar-refractivity contribution in [2.75, 3.05) is 0 Å². The molecule has 0 saturated carbocycles. The van der Waals surface area contributed by atoms with Gasteiger partial charge in [-0.15, -0.1) is 0 Å². The Labute approximate surface area is 176 Å². The Morgan fingerprint density at radius 2 is 1.73 bits per heavy atom. The van der Waals surface area contributed by atoms with Crippen molar-refractivity contribution < 1.29 is 9.32 Å². The first-order valence-corrected chi connectivity index (χ1v) is 9.57. The Balaban J connectivity index is 1.48. The van der Waals surface area contributed by atoms with Gasteiger partial charge in [-0.05, 0) is 35.9 Å². The van der Waals surface area contributed by atoms with Crippen molar-refractivity contribution in [1.82, 2.24) is 20.0 Å². The lowest BCUT2D eigenvalue weighted by molar-refractivity contribution is -0.121. The number of hydrogen-bond donors (Lipinski definition) is 1. The zero-order valence-corrected chi connectivity index (χ0v) is 16.5. The van der Waals surface area contributed by atoms with Crippen LogP contribution in [0.2, 0.25) is 5.02 Å². The average molecular weight is 421 g/mol. The van der Waals surface area contributed by atoms with Crippen LogP contribution in [-0.4, -0.2) is 20.6 Å². The number of hydrogen-bond acceptors (Lipinski definition) is 5. The molecule has 8 heteroatoms. The quantitative estimate of drug-likeness (QED) is 0.515. The van der Waals surface area contributed by atoms with E-state index in [4.69, 9.17) is 16.1 Å². The standard InChI is InChI=1S/C22H17ClN4O3/c23-18-9-6-16(7-10-18)21-25-22(30-26-21)17-8-11-20(29)27(13-17)14-19(28)24-12-15-4-2-1-3-5-15/h1-11,13H,12,14H2,(H,24,28). The molecule has 0 unspecified atom stereocenters. The first-order valence-electron chi connectivity index (χ1n) is 9.19. The summed E-state index contributed by atoms with van der Waals surface area (Å²) in [6, 6.07) is 19.5. The third kappa shape index (κ3) is 4.64. The maximum Gasteiger partial charge on any atom is 0.259 e. The molecule has 4 rings (SSSR count). The molecule has 0 atom stereocenters. The lowest BCUT2D eigenvalue weighted by Gasteiger charge is -2.08. The van der Waals surface area contributed by atoms with E-state index < -0.39 is 0 Å². The molecule has 0 saturated heterocycles. The minimum atomic E-state index is -0.300. The number of nitrogens with zero attached hydrogens (tertiary/aromatic N) is 3. The highest BCUT2D eigenvalue weighted by atomic mass is 35.5. The van der Waals surface area contributed by atoms with E-state index in [0.717, 1.165) is 11.1 Å². The summed E-state index contributed by atoms with van der Waals surface area (Å²) in [6.07, 6.45) is 1.53. The molecule has 0 fully saturated rings. The first-order chi connectivity index (χ1) is 14.6. The van der Waals surface area contributed by atoms with Gasteiger partial charge in [-0.2, -0.15) is 4.98 Å². The predicted octanol–water partition coefficient (Wildman–Crippen LogP) is 3.54. The van der Waals surface area contributed by atoms with Crippen molar-refractivity contribution >= 4 is 17.5 Å². The second-order valence-electron chi connectivity index (χ2n) is 6.58. The summed E-state index contributed by atoms with van der Waals surface area (Å²) >= 11 is 5.90. The molecule has 0 radical (unpaired) electrons. The third-order valence-electron chi connectivity index (χ3n) is 4.41. The molecule has 0 spiro atoms. The molecule has 2 aromatic heterocycles. The van der Waals surface area contributed by atoms with Gasteiger partial charge in [-0.25, -0.2) is 0 Å². The summed E-state index contributed by atoms with van der Waals surface area (Å²) in [6.45, 7) is 0.278. The Morgan fingerprint density at radius 3 is 2.50 bits per heavy atom. The zero-order chi connectivity index (χ0) is 20.9. The van der Waals surface area contributed by atoms with Gasteiger partial charge in [0.05, 0.1) is 5.56 Å². The van der Waals surface area contributed by atoms with Crippen molar-refractivity contribution in [3.05, 3.63) is 93.9 Å². The minimum Gasteiger partial charge on any atom is -0.350 e. The summed E-state index contributed by atoms with van der Waals surface area (Å²) in [5.41, 5.74) is 1.97.